The first-order valence-electron chi connectivity index (χ1n) is 15.3. The summed E-state index contributed by atoms with van der Waals surface area (Å²) in [7, 11) is 0. The van der Waals surface area contributed by atoms with E-state index in [0.717, 1.165) is 6.42 Å². The molecule has 0 spiro atoms. The Morgan fingerprint density at radius 3 is 1.73 bits per heavy atom. The highest BCUT2D eigenvalue weighted by Gasteiger charge is 2.32. The van der Waals surface area contributed by atoms with Gasteiger partial charge in [0.1, 0.15) is 0 Å². The average molecular weight is 537 g/mol. The second-order valence-corrected chi connectivity index (χ2v) is 13.3. The van der Waals surface area contributed by atoms with Gasteiger partial charge in [0, 0.05) is 5.92 Å². The van der Waals surface area contributed by atoms with Crippen LogP contribution in [0.15, 0.2) is 131 Å². The number of hydrogen-bond acceptors (Lipinski definition) is 0. The summed E-state index contributed by atoms with van der Waals surface area (Å²) in [6, 6.07) is 0. The van der Waals surface area contributed by atoms with Crippen LogP contribution in [0.2, 0.25) is 0 Å². The highest BCUT2D eigenvalue weighted by atomic mass is 14.4. The van der Waals surface area contributed by atoms with Gasteiger partial charge < -0.3 is 0 Å². The molecule has 1 fully saturated rings. The molecule has 1 atom stereocenters. The molecule has 2 aliphatic carbocycles. The highest BCUT2D eigenvalue weighted by Crippen LogP contribution is 2.44. The van der Waals surface area contributed by atoms with E-state index in [-0.39, 0.29) is 5.41 Å². The van der Waals surface area contributed by atoms with Gasteiger partial charge in [-0.3, -0.25) is 0 Å². The van der Waals surface area contributed by atoms with E-state index >= 15 is 0 Å². The molecule has 0 aromatic heterocycles. The molecular formula is C40H56. The summed E-state index contributed by atoms with van der Waals surface area (Å²) in [5, 5.41) is 0. The van der Waals surface area contributed by atoms with Crippen LogP contribution in [0, 0.1) is 16.7 Å². The predicted molar refractivity (Wildman–Crippen MR) is 181 cm³/mol. The fraction of sp³-hybridized carbons (Fsp3) is 0.450. The minimum absolute atomic E-state index is 0.290. The molecule has 0 heterocycles. The largest absolute Gasteiger partial charge is 0.0992 e. The van der Waals surface area contributed by atoms with E-state index in [9.17, 15) is 0 Å². The van der Waals surface area contributed by atoms with E-state index in [2.05, 4.69) is 154 Å². The zero-order chi connectivity index (χ0) is 29.8. The average Bonchev–Trinajstić information content (AvgIpc) is 2.85. The summed E-state index contributed by atoms with van der Waals surface area (Å²) in [4.78, 5) is 0. The lowest BCUT2D eigenvalue weighted by atomic mass is 9.66. The summed E-state index contributed by atoms with van der Waals surface area (Å²) in [6.45, 7) is 24.7. The Balaban J connectivity index is 1.87. The lowest BCUT2D eigenvalue weighted by Gasteiger charge is -2.38. The maximum Gasteiger partial charge on any atom is 0.00285 e. The molecule has 2 aliphatic rings. The van der Waals surface area contributed by atoms with Crippen LogP contribution in [-0.2, 0) is 0 Å². The Bertz CT molecular complexity index is 1180. The number of allylic oxidation sites excluding steroid dienone is 21. The Labute approximate surface area is 247 Å². The monoisotopic (exact) mass is 536 g/mol. The lowest BCUT2D eigenvalue weighted by molar-refractivity contribution is 0.228. The Hall–Kier alpha value is -2.86. The number of rotatable bonds is 10. The van der Waals surface area contributed by atoms with Gasteiger partial charge in [-0.1, -0.05) is 153 Å². The molecule has 40 heavy (non-hydrogen) atoms. The van der Waals surface area contributed by atoms with Crippen molar-refractivity contribution < 1.29 is 0 Å². The van der Waals surface area contributed by atoms with Crippen molar-refractivity contribution in [2.45, 2.75) is 101 Å². The van der Waals surface area contributed by atoms with Crippen molar-refractivity contribution in [2.75, 3.05) is 0 Å². The molecule has 0 heteroatoms. The molecule has 0 nitrogen and oxygen atoms in total. The summed E-state index contributed by atoms with van der Waals surface area (Å²) in [6.07, 6.45) is 38.2. The van der Waals surface area contributed by atoms with E-state index in [4.69, 9.17) is 0 Å². The SMILES string of the molecule is C=C1CCCC(C)(C)[C@H]1/C=C/C(C)=C/C=C/C(C)=C/C=C/C=C(C)/C=C/C=C(C)/C=C/C1=C(C)CCCC1(C)C. The molecular weight excluding hydrogens is 480 g/mol. The molecule has 0 aliphatic heterocycles. The Kier molecular flexibility index (Phi) is 13.2. The van der Waals surface area contributed by atoms with Gasteiger partial charge in [0.25, 0.3) is 0 Å². The topological polar surface area (TPSA) is 0 Å². The van der Waals surface area contributed by atoms with Gasteiger partial charge in [-0.2, -0.15) is 0 Å². The van der Waals surface area contributed by atoms with Crippen LogP contribution in [0.3, 0.4) is 0 Å². The van der Waals surface area contributed by atoms with Crippen LogP contribution in [0.25, 0.3) is 0 Å². The second-order valence-electron chi connectivity index (χ2n) is 13.3. The Morgan fingerprint density at radius 2 is 1.18 bits per heavy atom. The Morgan fingerprint density at radius 1 is 0.675 bits per heavy atom. The fourth-order valence-electron chi connectivity index (χ4n) is 5.84. The molecule has 216 valence electrons. The van der Waals surface area contributed by atoms with Crippen molar-refractivity contribution in [1.29, 1.82) is 0 Å². The van der Waals surface area contributed by atoms with Crippen molar-refractivity contribution in [3.63, 3.8) is 0 Å². The summed E-state index contributed by atoms with van der Waals surface area (Å²) >= 11 is 0. The molecule has 0 N–H and O–H groups in total. The van der Waals surface area contributed by atoms with Crippen LogP contribution in [0.4, 0.5) is 0 Å². The third-order valence-electron chi connectivity index (χ3n) is 8.47. The van der Waals surface area contributed by atoms with E-state index in [1.807, 2.05) is 0 Å². The molecule has 0 bridgehead atoms. The number of hydrogen-bond donors (Lipinski definition) is 0. The van der Waals surface area contributed by atoms with Gasteiger partial charge in [0.2, 0.25) is 0 Å². The molecule has 0 unspecified atom stereocenters. The maximum absolute atomic E-state index is 4.34. The van der Waals surface area contributed by atoms with Crippen molar-refractivity contribution in [2.24, 2.45) is 16.7 Å². The van der Waals surface area contributed by atoms with Gasteiger partial charge in [-0.15, -0.1) is 0 Å². The minimum Gasteiger partial charge on any atom is -0.0992 e. The lowest BCUT2D eigenvalue weighted by Crippen LogP contribution is -2.27. The van der Waals surface area contributed by atoms with E-state index in [0.29, 0.717) is 11.3 Å². The van der Waals surface area contributed by atoms with Crippen molar-refractivity contribution in [3.8, 4) is 0 Å². The third-order valence-corrected chi connectivity index (χ3v) is 8.47. The first-order valence-corrected chi connectivity index (χ1v) is 15.3. The van der Waals surface area contributed by atoms with Crippen molar-refractivity contribution in [1.82, 2.24) is 0 Å². The van der Waals surface area contributed by atoms with E-state index < -0.39 is 0 Å². The van der Waals surface area contributed by atoms with E-state index in [1.165, 1.54) is 65.5 Å². The molecule has 0 radical (unpaired) electrons. The van der Waals surface area contributed by atoms with Crippen molar-refractivity contribution >= 4 is 0 Å². The summed E-state index contributed by atoms with van der Waals surface area (Å²) in [5.74, 6) is 0.477. The smallest absolute Gasteiger partial charge is 0.00285 e. The van der Waals surface area contributed by atoms with Crippen molar-refractivity contribution in [3.05, 3.63) is 131 Å². The van der Waals surface area contributed by atoms with Gasteiger partial charge in [0.15, 0.2) is 0 Å². The first kappa shape index (κ1) is 33.3. The van der Waals surface area contributed by atoms with Gasteiger partial charge in [-0.05, 0) is 89.5 Å². The normalized spacial score (nSPS) is 23.7. The molecule has 0 amide bonds. The van der Waals surface area contributed by atoms with Crippen LogP contribution in [0.1, 0.15) is 101 Å². The molecule has 1 saturated carbocycles. The highest BCUT2D eigenvalue weighted by molar-refractivity contribution is 5.37. The van der Waals surface area contributed by atoms with Crippen LogP contribution in [0.5, 0.6) is 0 Å². The molecule has 0 aromatic carbocycles. The van der Waals surface area contributed by atoms with Gasteiger partial charge in [0.05, 0.1) is 0 Å². The molecule has 0 aromatic rings. The summed E-state index contributed by atoms with van der Waals surface area (Å²) < 4.78 is 0. The van der Waals surface area contributed by atoms with Gasteiger partial charge in [-0.25, -0.2) is 0 Å². The standard InChI is InChI=1S/C40H56/c1-31(19-13-21-33(3)25-27-37-35(5)23-15-29-39(37,7)8)17-11-12-18-32(2)20-14-22-34(4)26-28-38-36(6)24-16-30-40(38,9)10/h11-14,17-22,25-28,37H,5,15-16,23-24,29-30H2,1-4,6-10H3/b12-11+,19-13+,20-14+,27-25+,28-26+,31-17+,32-18+,33-21+,34-22+/t37-/m0/s1. The van der Waals surface area contributed by atoms with Crippen LogP contribution < -0.4 is 0 Å². The predicted octanol–water partition coefficient (Wildman–Crippen LogP) is 12.5. The van der Waals surface area contributed by atoms with Crippen LogP contribution in [-0.4, -0.2) is 0 Å². The van der Waals surface area contributed by atoms with Crippen LogP contribution >= 0.6 is 0 Å². The second kappa shape index (κ2) is 15.8. The first-order chi connectivity index (χ1) is 18.8. The third kappa shape index (κ3) is 11.3. The zero-order valence-corrected chi connectivity index (χ0v) is 27.1. The zero-order valence-electron chi connectivity index (χ0n) is 27.1. The minimum atomic E-state index is 0.290. The van der Waals surface area contributed by atoms with Gasteiger partial charge >= 0.3 is 0 Å². The maximum atomic E-state index is 4.34. The fourth-order valence-corrected chi connectivity index (χ4v) is 5.84. The quantitative estimate of drug-likeness (QED) is 0.192. The molecule has 2 rings (SSSR count). The molecule has 0 saturated heterocycles. The summed E-state index contributed by atoms with van der Waals surface area (Å²) in [5.41, 5.74) is 10.0. The van der Waals surface area contributed by atoms with E-state index in [1.54, 1.807) is 5.57 Å².